The highest BCUT2D eigenvalue weighted by atomic mass is 16.5. The molecule has 0 spiro atoms. The Hall–Kier alpha value is -8.32. The highest BCUT2D eigenvalue weighted by Gasteiger charge is 2.26. The second kappa shape index (κ2) is 15.3. The molecule has 11 rings (SSSR count). The van der Waals surface area contributed by atoms with E-state index in [4.69, 9.17) is 9.15 Å². The summed E-state index contributed by atoms with van der Waals surface area (Å²) in [6.07, 6.45) is 8.29. The molecule has 0 amide bonds. The van der Waals surface area contributed by atoms with Crippen LogP contribution in [0.2, 0.25) is 0 Å². The molecule has 63 heavy (non-hydrogen) atoms. The van der Waals surface area contributed by atoms with Gasteiger partial charge in [-0.1, -0.05) is 97.1 Å². The lowest BCUT2D eigenvalue weighted by atomic mass is 9.91. The third kappa shape index (κ3) is 6.31. The van der Waals surface area contributed by atoms with Crippen LogP contribution in [0.1, 0.15) is 35.6 Å². The molecule has 1 aliphatic heterocycles. The third-order valence-electron chi connectivity index (χ3n) is 12.4. The van der Waals surface area contributed by atoms with E-state index < -0.39 is 0 Å². The number of hydrogen-bond acceptors (Lipinski definition) is 6. The Morgan fingerprint density at radius 3 is 1.70 bits per heavy atom. The molecule has 0 saturated heterocycles. The largest absolute Gasteiger partial charge is 0.487 e. The van der Waals surface area contributed by atoms with Crippen LogP contribution < -0.4 is 14.5 Å². The van der Waals surface area contributed by atoms with Gasteiger partial charge in [0.15, 0.2) is 5.58 Å². The second-order valence-corrected chi connectivity index (χ2v) is 16.3. The van der Waals surface area contributed by atoms with Gasteiger partial charge >= 0.3 is 0 Å². The predicted octanol–water partition coefficient (Wildman–Crippen LogP) is 15.3. The first-order chi connectivity index (χ1) is 31.0. The van der Waals surface area contributed by atoms with E-state index in [0.29, 0.717) is 17.7 Å². The number of anilines is 6. The molecule has 6 heteroatoms. The number of furan rings is 1. The fourth-order valence-electron chi connectivity index (χ4n) is 9.36. The number of ether oxygens (including phenoxy) is 1. The average Bonchev–Trinajstić information content (AvgIpc) is 3.72. The van der Waals surface area contributed by atoms with Crippen LogP contribution in [0.15, 0.2) is 180 Å². The minimum atomic E-state index is 0.484. The highest BCUT2D eigenvalue weighted by Crippen LogP contribution is 2.50. The van der Waals surface area contributed by atoms with Gasteiger partial charge in [-0.2, -0.15) is 10.5 Å². The predicted molar refractivity (Wildman–Crippen MR) is 258 cm³/mol. The molecule has 10 aromatic rings. The van der Waals surface area contributed by atoms with Crippen molar-refractivity contribution in [3.8, 4) is 17.9 Å². The average molecular weight is 813 g/mol. The SMILES string of the molecule is C/C1=C/C/C=C\Cc2cccc(N(c3ccc(C#N)cc3)c3ccc4ccc5c(N(c6ccc(C#N)cc6)c6cccc7c6oc6c(C)cccc67)ccc6ccc3c4c65)c2OC1. The van der Waals surface area contributed by atoms with E-state index in [2.05, 4.69) is 157 Å². The Labute approximate surface area is 365 Å². The van der Waals surface area contributed by atoms with Crippen LogP contribution >= 0.6 is 0 Å². The molecule has 6 nitrogen and oxygen atoms in total. The summed E-state index contributed by atoms with van der Waals surface area (Å²) in [5.41, 5.74) is 11.9. The van der Waals surface area contributed by atoms with Crippen LogP contribution in [0.25, 0.3) is 54.3 Å². The van der Waals surface area contributed by atoms with E-state index in [-0.39, 0.29) is 0 Å². The van der Waals surface area contributed by atoms with Crippen molar-refractivity contribution in [1.29, 1.82) is 10.5 Å². The summed E-state index contributed by atoms with van der Waals surface area (Å²) in [6, 6.07) is 57.0. The van der Waals surface area contributed by atoms with Crippen LogP contribution in [0, 0.1) is 29.6 Å². The lowest BCUT2D eigenvalue weighted by molar-refractivity contribution is 0.349. The molecule has 0 aliphatic carbocycles. The van der Waals surface area contributed by atoms with Gasteiger partial charge in [0.25, 0.3) is 0 Å². The smallest absolute Gasteiger partial charge is 0.159 e. The van der Waals surface area contributed by atoms with Crippen LogP contribution in [0.3, 0.4) is 0 Å². The van der Waals surface area contributed by atoms with Crippen LogP contribution in [0.4, 0.5) is 34.1 Å². The summed E-state index contributed by atoms with van der Waals surface area (Å²) in [7, 11) is 0. The van der Waals surface area contributed by atoms with Gasteiger partial charge in [-0.15, -0.1) is 0 Å². The summed E-state index contributed by atoms with van der Waals surface area (Å²) in [5.74, 6) is 0.835. The molecule has 300 valence electrons. The van der Waals surface area contributed by atoms with Crippen LogP contribution in [-0.2, 0) is 6.42 Å². The molecule has 0 atom stereocenters. The summed E-state index contributed by atoms with van der Waals surface area (Å²) in [5, 5.41) is 28.4. The van der Waals surface area contributed by atoms with Gasteiger partial charge in [0, 0.05) is 38.5 Å². The van der Waals surface area contributed by atoms with Crippen molar-refractivity contribution in [2.75, 3.05) is 16.4 Å². The molecular formula is C57H40N4O2. The Balaban J connectivity index is 1.17. The molecule has 0 saturated carbocycles. The van der Waals surface area contributed by atoms with Gasteiger partial charge in [0.2, 0.25) is 0 Å². The first kappa shape index (κ1) is 37.7. The first-order valence-electron chi connectivity index (χ1n) is 21.3. The van der Waals surface area contributed by atoms with Crippen LogP contribution in [0.5, 0.6) is 5.75 Å². The molecule has 0 fully saturated rings. The minimum Gasteiger partial charge on any atom is -0.487 e. The maximum Gasteiger partial charge on any atom is 0.159 e. The molecule has 0 N–H and O–H groups in total. The van der Waals surface area contributed by atoms with E-state index in [0.717, 1.165) is 118 Å². The monoisotopic (exact) mass is 812 g/mol. The molecular weight excluding hydrogens is 773 g/mol. The number of hydrogen-bond donors (Lipinski definition) is 0. The van der Waals surface area contributed by atoms with Crippen molar-refractivity contribution in [2.24, 2.45) is 0 Å². The number of benzene rings is 9. The van der Waals surface area contributed by atoms with Gasteiger partial charge in [-0.3, -0.25) is 0 Å². The number of fused-ring (bicyclic) bond motifs is 4. The summed E-state index contributed by atoms with van der Waals surface area (Å²) < 4.78 is 13.6. The number of aryl methyl sites for hydroxylation is 1. The zero-order valence-corrected chi connectivity index (χ0v) is 34.9. The molecule has 0 bridgehead atoms. The van der Waals surface area contributed by atoms with E-state index in [9.17, 15) is 10.5 Å². The maximum absolute atomic E-state index is 9.80. The zero-order valence-electron chi connectivity index (χ0n) is 34.9. The Morgan fingerprint density at radius 2 is 1.06 bits per heavy atom. The number of nitrogens with zero attached hydrogens (tertiary/aromatic N) is 4. The lowest BCUT2D eigenvalue weighted by Gasteiger charge is -2.31. The summed E-state index contributed by atoms with van der Waals surface area (Å²) in [6.45, 7) is 4.68. The van der Waals surface area contributed by atoms with Gasteiger partial charge in [-0.05, 0) is 132 Å². The van der Waals surface area contributed by atoms with Gasteiger partial charge in [-0.25, -0.2) is 0 Å². The Morgan fingerprint density at radius 1 is 0.508 bits per heavy atom. The number of allylic oxidation sites excluding steroid dienone is 3. The van der Waals surface area contributed by atoms with Crippen molar-refractivity contribution in [3.05, 3.63) is 198 Å². The molecule has 1 aromatic heterocycles. The Bertz CT molecular complexity index is 3570. The topological polar surface area (TPSA) is 76.4 Å². The second-order valence-electron chi connectivity index (χ2n) is 16.3. The standard InChI is InChI=1S/C57H40N4O2/c1-36-9-4-3-5-11-42-12-7-15-51(56(42)62-35-36)60(43-25-17-38(33-58)18-26-43)49-31-23-40-22-30-48-50(32-24-41-21-29-47(49)53(40)54(41)48)61(44-27-19-39(34-59)20-28-44)52-16-8-14-46-45-13-6-10-37(2)55(45)63-57(46)52/h3,5-10,12-32H,4,11,35H2,1-2H3/b5-3-,36-9-. The van der Waals surface area contributed by atoms with E-state index in [1.807, 2.05) is 48.5 Å². The van der Waals surface area contributed by atoms with Gasteiger partial charge in [0.05, 0.1) is 46.0 Å². The first-order valence-corrected chi connectivity index (χ1v) is 21.3. The van der Waals surface area contributed by atoms with Crippen molar-refractivity contribution >= 4 is 88.4 Å². The summed E-state index contributed by atoms with van der Waals surface area (Å²) in [4.78, 5) is 4.56. The number of rotatable bonds is 6. The fourth-order valence-corrected chi connectivity index (χ4v) is 9.36. The molecule has 0 unspecified atom stereocenters. The normalized spacial score (nSPS) is 14.2. The van der Waals surface area contributed by atoms with Gasteiger partial charge in [0.1, 0.15) is 17.9 Å². The third-order valence-corrected chi connectivity index (χ3v) is 12.4. The molecule has 9 aromatic carbocycles. The molecule has 0 radical (unpaired) electrons. The lowest BCUT2D eigenvalue weighted by Crippen LogP contribution is -2.14. The molecule has 1 aliphatic rings. The van der Waals surface area contributed by atoms with E-state index in [1.165, 1.54) is 5.57 Å². The van der Waals surface area contributed by atoms with Crippen molar-refractivity contribution < 1.29 is 9.15 Å². The van der Waals surface area contributed by atoms with Crippen molar-refractivity contribution in [1.82, 2.24) is 0 Å². The fraction of sp³-hybridized carbons (Fsp3) is 0.0877. The van der Waals surface area contributed by atoms with Crippen molar-refractivity contribution in [3.63, 3.8) is 0 Å². The van der Waals surface area contributed by atoms with Gasteiger partial charge < -0.3 is 19.0 Å². The Kier molecular flexibility index (Phi) is 9.15. The zero-order chi connectivity index (χ0) is 42.6. The van der Waals surface area contributed by atoms with Crippen LogP contribution in [-0.4, -0.2) is 6.61 Å². The van der Waals surface area contributed by atoms with E-state index in [1.54, 1.807) is 0 Å². The quantitative estimate of drug-likeness (QED) is 0.123. The number of para-hydroxylation sites is 3. The van der Waals surface area contributed by atoms with E-state index >= 15 is 0 Å². The summed E-state index contributed by atoms with van der Waals surface area (Å²) >= 11 is 0. The minimum absolute atomic E-state index is 0.484. The highest BCUT2D eigenvalue weighted by molar-refractivity contribution is 6.28. The maximum atomic E-state index is 9.80. The molecule has 2 heterocycles. The number of nitriles is 2. The van der Waals surface area contributed by atoms with Crippen molar-refractivity contribution in [2.45, 2.75) is 26.7 Å².